The number of nitrogens with one attached hydrogen (secondary N) is 1. The number of aromatic nitrogens is 1. The normalized spacial score (nSPS) is 21.4. The first-order valence-electron chi connectivity index (χ1n) is 7.79. The number of hydrogen-bond acceptors (Lipinski definition) is 4. The molecule has 1 fully saturated rings. The number of hydrogen-bond donors (Lipinski definition) is 1. The largest absolute Gasteiger partial charge is 0.315 e. The first-order valence-corrected chi connectivity index (χ1v) is 8.61. The van der Waals surface area contributed by atoms with E-state index in [9.17, 15) is 0 Å². The van der Waals surface area contributed by atoms with Gasteiger partial charge in [-0.2, -0.15) is 0 Å². The van der Waals surface area contributed by atoms with Crippen molar-refractivity contribution in [3.05, 3.63) is 15.6 Å². The maximum atomic E-state index is 4.97. The van der Waals surface area contributed by atoms with Gasteiger partial charge in [-0.15, -0.1) is 11.3 Å². The second-order valence-electron chi connectivity index (χ2n) is 6.97. The van der Waals surface area contributed by atoms with Gasteiger partial charge in [0, 0.05) is 22.9 Å². The summed E-state index contributed by atoms with van der Waals surface area (Å²) in [6.45, 7) is 12.3. The molecule has 0 aliphatic carbocycles. The van der Waals surface area contributed by atoms with E-state index in [1.807, 2.05) is 18.4 Å². The van der Waals surface area contributed by atoms with E-state index in [0.717, 1.165) is 13.1 Å². The molecule has 114 valence electrons. The maximum absolute atomic E-state index is 4.97. The molecule has 0 spiro atoms. The van der Waals surface area contributed by atoms with Crippen LogP contribution in [-0.2, 0) is 18.5 Å². The summed E-state index contributed by atoms with van der Waals surface area (Å²) in [7, 11) is 2.01. The van der Waals surface area contributed by atoms with Crippen LogP contribution in [0, 0.1) is 0 Å². The van der Waals surface area contributed by atoms with E-state index >= 15 is 0 Å². The monoisotopic (exact) mass is 295 g/mol. The first-order chi connectivity index (χ1) is 9.41. The smallest absolute Gasteiger partial charge is 0.107 e. The lowest BCUT2D eigenvalue weighted by Gasteiger charge is -2.32. The molecule has 0 bridgehead atoms. The third-order valence-electron chi connectivity index (χ3n) is 4.07. The predicted octanol–water partition coefficient (Wildman–Crippen LogP) is 3.53. The number of piperidine rings is 1. The third-order valence-corrected chi connectivity index (χ3v) is 5.11. The van der Waals surface area contributed by atoms with Crippen LogP contribution < -0.4 is 5.32 Å². The van der Waals surface area contributed by atoms with Crippen molar-refractivity contribution in [2.45, 2.75) is 71.5 Å². The van der Waals surface area contributed by atoms with E-state index in [-0.39, 0.29) is 5.41 Å². The van der Waals surface area contributed by atoms with Gasteiger partial charge in [0.25, 0.3) is 0 Å². The molecule has 1 N–H and O–H groups in total. The molecule has 0 aromatic carbocycles. The van der Waals surface area contributed by atoms with Crippen molar-refractivity contribution in [1.82, 2.24) is 15.2 Å². The van der Waals surface area contributed by atoms with Gasteiger partial charge in [0.2, 0.25) is 0 Å². The molecule has 4 heteroatoms. The molecule has 1 saturated heterocycles. The van der Waals surface area contributed by atoms with Crippen molar-refractivity contribution in [2.75, 3.05) is 13.6 Å². The lowest BCUT2D eigenvalue weighted by Crippen LogP contribution is -2.36. The number of rotatable bonds is 4. The van der Waals surface area contributed by atoms with Crippen LogP contribution in [0.25, 0.3) is 0 Å². The van der Waals surface area contributed by atoms with Crippen LogP contribution in [0.5, 0.6) is 0 Å². The van der Waals surface area contributed by atoms with Gasteiger partial charge >= 0.3 is 0 Å². The summed E-state index contributed by atoms with van der Waals surface area (Å²) < 4.78 is 0. The van der Waals surface area contributed by atoms with E-state index in [1.54, 1.807) is 0 Å². The molecule has 1 unspecified atom stereocenters. The Morgan fingerprint density at radius 1 is 1.35 bits per heavy atom. The fourth-order valence-electron chi connectivity index (χ4n) is 2.90. The Kier molecular flexibility index (Phi) is 5.21. The van der Waals surface area contributed by atoms with Gasteiger partial charge in [-0.25, -0.2) is 4.98 Å². The number of likely N-dealkylation sites (tertiary alicyclic amines) is 1. The standard InChI is InChI=1S/C16H29N3S/c1-12-8-6-7-9-19(12)11-14-18-15(16(2,3)4)13(20-14)10-17-5/h12,17H,6-11H2,1-5H3. The molecular formula is C16H29N3S. The minimum absolute atomic E-state index is 0.133. The highest BCUT2D eigenvalue weighted by atomic mass is 32.1. The molecule has 3 nitrogen and oxygen atoms in total. The second-order valence-corrected chi connectivity index (χ2v) is 8.14. The Labute approximate surface area is 127 Å². The van der Waals surface area contributed by atoms with Gasteiger partial charge in [0.15, 0.2) is 0 Å². The Bertz CT molecular complexity index is 433. The lowest BCUT2D eigenvalue weighted by atomic mass is 9.91. The lowest BCUT2D eigenvalue weighted by molar-refractivity contribution is 0.152. The zero-order valence-corrected chi connectivity index (χ0v) is 14.4. The molecular weight excluding hydrogens is 266 g/mol. The molecule has 20 heavy (non-hydrogen) atoms. The Morgan fingerprint density at radius 2 is 2.10 bits per heavy atom. The Balaban J connectivity index is 2.15. The van der Waals surface area contributed by atoms with Crippen LogP contribution in [0.1, 0.15) is 62.5 Å². The summed E-state index contributed by atoms with van der Waals surface area (Å²) in [6, 6.07) is 0.707. The van der Waals surface area contributed by atoms with Gasteiger partial charge in [-0.3, -0.25) is 4.90 Å². The van der Waals surface area contributed by atoms with Crippen LogP contribution in [-0.4, -0.2) is 29.5 Å². The van der Waals surface area contributed by atoms with Crippen LogP contribution in [0.3, 0.4) is 0 Å². The first kappa shape index (κ1) is 15.9. The second kappa shape index (κ2) is 6.54. The van der Waals surface area contributed by atoms with Crippen LogP contribution in [0.4, 0.5) is 0 Å². The minimum atomic E-state index is 0.133. The highest BCUT2D eigenvalue weighted by molar-refractivity contribution is 7.11. The van der Waals surface area contributed by atoms with Crippen molar-refractivity contribution < 1.29 is 0 Å². The van der Waals surface area contributed by atoms with Crippen molar-refractivity contribution >= 4 is 11.3 Å². The SMILES string of the molecule is CNCc1sc(CN2CCCCC2C)nc1C(C)(C)C. The average Bonchev–Trinajstić information content (AvgIpc) is 2.76. The van der Waals surface area contributed by atoms with Crippen LogP contribution in [0.15, 0.2) is 0 Å². The molecule has 0 amide bonds. The molecule has 1 aliphatic rings. The topological polar surface area (TPSA) is 28.2 Å². The third kappa shape index (κ3) is 3.80. The molecule has 2 heterocycles. The van der Waals surface area contributed by atoms with Gasteiger partial charge in [-0.05, 0) is 33.4 Å². The van der Waals surface area contributed by atoms with Gasteiger partial charge in [0.05, 0.1) is 12.2 Å². The summed E-state index contributed by atoms with van der Waals surface area (Å²) in [6.07, 6.45) is 4.06. The van der Waals surface area contributed by atoms with Gasteiger partial charge in [0.1, 0.15) is 5.01 Å². The molecule has 1 aliphatic heterocycles. The molecule has 0 saturated carbocycles. The van der Waals surface area contributed by atoms with E-state index < -0.39 is 0 Å². The van der Waals surface area contributed by atoms with Gasteiger partial charge < -0.3 is 5.32 Å². The predicted molar refractivity (Wildman–Crippen MR) is 87.3 cm³/mol. The minimum Gasteiger partial charge on any atom is -0.315 e. The molecule has 0 radical (unpaired) electrons. The average molecular weight is 295 g/mol. The zero-order valence-electron chi connectivity index (χ0n) is 13.6. The fourth-order valence-corrected chi connectivity index (χ4v) is 4.22. The van der Waals surface area contributed by atoms with Crippen LogP contribution >= 0.6 is 11.3 Å². The van der Waals surface area contributed by atoms with E-state index in [2.05, 4.69) is 37.9 Å². The molecule has 1 aromatic rings. The van der Waals surface area contributed by atoms with Crippen molar-refractivity contribution in [2.24, 2.45) is 0 Å². The summed E-state index contributed by atoms with van der Waals surface area (Å²) in [5, 5.41) is 4.57. The Morgan fingerprint density at radius 3 is 2.70 bits per heavy atom. The van der Waals surface area contributed by atoms with Crippen molar-refractivity contribution in [3.8, 4) is 0 Å². The number of nitrogens with zero attached hydrogens (tertiary/aromatic N) is 2. The quantitative estimate of drug-likeness (QED) is 0.921. The van der Waals surface area contributed by atoms with E-state index in [0.29, 0.717) is 6.04 Å². The van der Waals surface area contributed by atoms with Crippen molar-refractivity contribution in [3.63, 3.8) is 0 Å². The zero-order chi connectivity index (χ0) is 14.8. The summed E-state index contributed by atoms with van der Waals surface area (Å²) >= 11 is 1.89. The summed E-state index contributed by atoms with van der Waals surface area (Å²) in [5.74, 6) is 0. The Hall–Kier alpha value is -0.450. The van der Waals surface area contributed by atoms with E-state index in [4.69, 9.17) is 4.98 Å². The molecule has 2 rings (SSSR count). The van der Waals surface area contributed by atoms with E-state index in [1.165, 1.54) is 41.4 Å². The highest BCUT2D eigenvalue weighted by Gasteiger charge is 2.25. The molecule has 1 atom stereocenters. The highest BCUT2D eigenvalue weighted by Crippen LogP contribution is 2.31. The van der Waals surface area contributed by atoms with Crippen molar-refractivity contribution in [1.29, 1.82) is 0 Å². The van der Waals surface area contributed by atoms with Crippen LogP contribution in [0.2, 0.25) is 0 Å². The fraction of sp³-hybridized carbons (Fsp3) is 0.812. The summed E-state index contributed by atoms with van der Waals surface area (Å²) in [4.78, 5) is 8.96. The molecule has 1 aromatic heterocycles. The number of thiazole rings is 1. The van der Waals surface area contributed by atoms with Gasteiger partial charge in [-0.1, -0.05) is 27.2 Å². The summed E-state index contributed by atoms with van der Waals surface area (Å²) in [5.41, 5.74) is 1.41. The maximum Gasteiger partial charge on any atom is 0.107 e.